The Morgan fingerprint density at radius 2 is 2.10 bits per heavy atom. The van der Waals surface area contributed by atoms with Crippen LogP contribution in [0, 0.1) is 5.92 Å². The average molecular weight is 141 g/mol. The summed E-state index contributed by atoms with van der Waals surface area (Å²) < 4.78 is 0. The number of carboxylic acid groups (broad SMARTS) is 1. The number of nitrogens with zero attached hydrogens (tertiary/aromatic N) is 1. The summed E-state index contributed by atoms with van der Waals surface area (Å²) in [4.78, 5) is 23.7. The highest BCUT2D eigenvalue weighted by Crippen LogP contribution is 2.29. The molecule has 0 atom stereocenters. The topological polar surface area (TPSA) is 66.7 Å². The molecule has 1 aliphatic rings. The van der Waals surface area contributed by atoms with Crippen molar-refractivity contribution in [2.24, 2.45) is 10.9 Å². The first kappa shape index (κ1) is 6.92. The molecule has 1 saturated carbocycles. The maximum absolute atomic E-state index is 10.6. The standard InChI is InChI=1S/C6H7NO3/c8-5(9)3-7-6(10)4-1-2-4/h3-4H,1-2H2,(H,8,9). The Balaban J connectivity index is 2.36. The highest BCUT2D eigenvalue weighted by atomic mass is 16.4. The fraction of sp³-hybridized carbons (Fsp3) is 0.500. The zero-order valence-corrected chi connectivity index (χ0v) is 5.28. The lowest BCUT2D eigenvalue weighted by atomic mass is 10.4. The Bertz CT molecular complexity index is 193. The van der Waals surface area contributed by atoms with Crippen LogP contribution >= 0.6 is 0 Å². The molecule has 0 unspecified atom stereocenters. The Morgan fingerprint density at radius 1 is 1.50 bits per heavy atom. The molecule has 0 aliphatic heterocycles. The molecule has 0 spiro atoms. The number of amides is 1. The van der Waals surface area contributed by atoms with Crippen molar-refractivity contribution in [2.45, 2.75) is 12.8 Å². The van der Waals surface area contributed by atoms with Gasteiger partial charge in [-0.05, 0) is 12.8 Å². The predicted octanol–water partition coefficient (Wildman–Crippen LogP) is 0.0784. The molecular formula is C6H7NO3. The van der Waals surface area contributed by atoms with Crippen LogP contribution in [0.4, 0.5) is 0 Å². The van der Waals surface area contributed by atoms with Gasteiger partial charge in [-0.3, -0.25) is 4.79 Å². The van der Waals surface area contributed by atoms with Crippen LogP contribution in [0.15, 0.2) is 4.99 Å². The van der Waals surface area contributed by atoms with Crippen LogP contribution < -0.4 is 0 Å². The maximum atomic E-state index is 10.6. The van der Waals surface area contributed by atoms with E-state index in [4.69, 9.17) is 5.11 Å². The van der Waals surface area contributed by atoms with Crippen molar-refractivity contribution in [3.63, 3.8) is 0 Å². The monoisotopic (exact) mass is 141 g/mol. The largest absolute Gasteiger partial charge is 0.477 e. The fourth-order valence-electron chi connectivity index (χ4n) is 0.555. The van der Waals surface area contributed by atoms with Gasteiger partial charge in [0.05, 0.1) is 0 Å². The van der Waals surface area contributed by atoms with Gasteiger partial charge in [0.1, 0.15) is 6.21 Å². The molecule has 0 aromatic carbocycles. The summed E-state index contributed by atoms with van der Waals surface area (Å²) in [6.07, 6.45) is 2.35. The molecule has 0 saturated heterocycles. The second-order valence-electron chi connectivity index (χ2n) is 2.21. The highest BCUT2D eigenvalue weighted by Gasteiger charge is 2.28. The smallest absolute Gasteiger partial charge is 0.347 e. The molecule has 1 aliphatic carbocycles. The normalized spacial score (nSPS) is 17.6. The van der Waals surface area contributed by atoms with Gasteiger partial charge in [0, 0.05) is 5.92 Å². The van der Waals surface area contributed by atoms with Crippen molar-refractivity contribution in [3.05, 3.63) is 0 Å². The predicted molar refractivity (Wildman–Crippen MR) is 33.9 cm³/mol. The molecule has 1 fully saturated rings. The zero-order valence-electron chi connectivity index (χ0n) is 5.28. The van der Waals surface area contributed by atoms with Crippen LogP contribution in [-0.2, 0) is 9.59 Å². The van der Waals surface area contributed by atoms with Crippen molar-refractivity contribution in [2.75, 3.05) is 0 Å². The van der Waals surface area contributed by atoms with Crippen molar-refractivity contribution in [3.8, 4) is 0 Å². The second-order valence-corrected chi connectivity index (χ2v) is 2.21. The minimum absolute atomic E-state index is 0.00981. The van der Waals surface area contributed by atoms with E-state index in [9.17, 15) is 9.59 Å². The molecule has 4 heteroatoms. The maximum Gasteiger partial charge on any atom is 0.347 e. The van der Waals surface area contributed by atoms with Crippen LogP contribution in [0.1, 0.15) is 12.8 Å². The number of carboxylic acids is 1. The number of aliphatic carboxylic acids is 1. The Kier molecular flexibility index (Phi) is 1.80. The summed E-state index contributed by atoms with van der Waals surface area (Å²) in [6.45, 7) is 0. The van der Waals surface area contributed by atoms with E-state index in [0.717, 1.165) is 12.8 Å². The Labute approximate surface area is 57.6 Å². The number of hydrogen-bond donors (Lipinski definition) is 1. The summed E-state index contributed by atoms with van der Waals surface area (Å²) >= 11 is 0. The van der Waals surface area contributed by atoms with Gasteiger partial charge in [0.2, 0.25) is 5.91 Å². The van der Waals surface area contributed by atoms with Crippen molar-refractivity contribution in [1.82, 2.24) is 0 Å². The molecule has 0 heterocycles. The minimum Gasteiger partial charge on any atom is -0.477 e. The van der Waals surface area contributed by atoms with Crippen LogP contribution in [0.3, 0.4) is 0 Å². The van der Waals surface area contributed by atoms with Crippen molar-refractivity contribution in [1.29, 1.82) is 0 Å². The number of carbonyl (C=O) groups excluding carboxylic acids is 1. The Hall–Kier alpha value is -1.19. The molecule has 1 N–H and O–H groups in total. The van der Waals surface area contributed by atoms with E-state index < -0.39 is 5.97 Å². The van der Waals surface area contributed by atoms with Gasteiger partial charge in [0.25, 0.3) is 0 Å². The summed E-state index contributed by atoms with van der Waals surface area (Å²) in [5, 5.41) is 8.06. The van der Waals surface area contributed by atoms with Gasteiger partial charge >= 0.3 is 5.97 Å². The summed E-state index contributed by atoms with van der Waals surface area (Å²) in [7, 11) is 0. The number of hydrogen-bond acceptors (Lipinski definition) is 2. The lowest BCUT2D eigenvalue weighted by molar-refractivity contribution is -0.129. The lowest BCUT2D eigenvalue weighted by Gasteiger charge is -1.83. The molecule has 54 valence electrons. The van der Waals surface area contributed by atoms with Crippen LogP contribution in [-0.4, -0.2) is 23.2 Å². The van der Waals surface area contributed by atoms with E-state index in [-0.39, 0.29) is 11.8 Å². The molecular weight excluding hydrogens is 134 g/mol. The van der Waals surface area contributed by atoms with E-state index in [2.05, 4.69) is 4.99 Å². The van der Waals surface area contributed by atoms with Gasteiger partial charge in [-0.1, -0.05) is 0 Å². The third-order valence-electron chi connectivity index (χ3n) is 1.23. The van der Waals surface area contributed by atoms with Gasteiger partial charge in [0.15, 0.2) is 0 Å². The van der Waals surface area contributed by atoms with Crippen LogP contribution in [0.5, 0.6) is 0 Å². The second kappa shape index (κ2) is 2.60. The van der Waals surface area contributed by atoms with E-state index in [1.165, 1.54) is 0 Å². The van der Waals surface area contributed by atoms with Gasteiger partial charge in [-0.25, -0.2) is 9.79 Å². The van der Waals surface area contributed by atoms with Crippen LogP contribution in [0.2, 0.25) is 0 Å². The van der Waals surface area contributed by atoms with Crippen molar-refractivity contribution >= 4 is 18.1 Å². The Morgan fingerprint density at radius 3 is 2.50 bits per heavy atom. The zero-order chi connectivity index (χ0) is 7.56. The molecule has 4 nitrogen and oxygen atoms in total. The fourth-order valence-corrected chi connectivity index (χ4v) is 0.555. The quantitative estimate of drug-likeness (QED) is 0.553. The molecule has 0 radical (unpaired) electrons. The van der Waals surface area contributed by atoms with Crippen LogP contribution in [0.25, 0.3) is 0 Å². The first-order valence-corrected chi connectivity index (χ1v) is 3.01. The first-order valence-electron chi connectivity index (χ1n) is 3.01. The van der Waals surface area contributed by atoms with Gasteiger partial charge in [-0.15, -0.1) is 0 Å². The average Bonchev–Trinajstić information content (AvgIpc) is 2.63. The van der Waals surface area contributed by atoms with E-state index in [0.29, 0.717) is 6.21 Å². The van der Waals surface area contributed by atoms with E-state index in [1.54, 1.807) is 0 Å². The molecule has 0 aromatic heterocycles. The van der Waals surface area contributed by atoms with E-state index in [1.807, 2.05) is 0 Å². The number of aliphatic imine (C=N–C) groups is 1. The number of rotatable bonds is 2. The summed E-state index contributed by atoms with van der Waals surface area (Å²) in [6, 6.07) is 0. The molecule has 10 heavy (non-hydrogen) atoms. The molecule has 0 aromatic rings. The summed E-state index contributed by atoms with van der Waals surface area (Å²) in [5.41, 5.74) is 0. The van der Waals surface area contributed by atoms with Gasteiger partial charge in [-0.2, -0.15) is 0 Å². The highest BCUT2D eigenvalue weighted by molar-refractivity contribution is 6.24. The van der Waals surface area contributed by atoms with Gasteiger partial charge < -0.3 is 5.11 Å². The molecule has 1 rings (SSSR count). The third kappa shape index (κ3) is 1.97. The van der Waals surface area contributed by atoms with Crippen molar-refractivity contribution < 1.29 is 14.7 Å². The SMILES string of the molecule is O=C(O)C=NC(=O)C1CC1. The number of carbonyl (C=O) groups is 2. The molecule has 0 bridgehead atoms. The lowest BCUT2D eigenvalue weighted by Crippen LogP contribution is -2.01. The third-order valence-corrected chi connectivity index (χ3v) is 1.23. The van der Waals surface area contributed by atoms with E-state index >= 15 is 0 Å². The summed E-state index contributed by atoms with van der Waals surface area (Å²) in [5.74, 6) is -1.47. The molecule has 1 amide bonds. The first-order chi connectivity index (χ1) is 4.70. The minimum atomic E-state index is -1.17.